The number of phenolic OH excluding ortho intramolecular Hbond substituents is 2. The summed E-state index contributed by atoms with van der Waals surface area (Å²) in [5.74, 6) is -6.40. The molecule has 3 unspecified atom stereocenters. The van der Waals surface area contributed by atoms with Crippen LogP contribution in [0.4, 0.5) is 5.69 Å². The van der Waals surface area contributed by atoms with Gasteiger partial charge in [0.1, 0.15) is 40.9 Å². The highest BCUT2D eigenvalue weighted by molar-refractivity contribution is 6.19. The van der Waals surface area contributed by atoms with Crippen molar-refractivity contribution in [2.24, 2.45) is 52.5 Å². The number of rotatable bonds is 8. The number of imidazole rings is 1. The van der Waals surface area contributed by atoms with Crippen LogP contribution in [0.25, 0.3) is 10.8 Å². The number of phenols is 2. The summed E-state index contributed by atoms with van der Waals surface area (Å²) in [6, 6.07) is 0. The smallest absolute Gasteiger partial charge is 0.315 e. The summed E-state index contributed by atoms with van der Waals surface area (Å²) in [7, 11) is 3.41. The number of nitrogens with one attached hydrogen (secondary N) is 1. The molecule has 2 amide bonds. The van der Waals surface area contributed by atoms with Gasteiger partial charge in [-0.1, -0.05) is 59.8 Å². The third kappa shape index (κ3) is 11.0. The zero-order valence-electron chi connectivity index (χ0n) is 45.8. The second kappa shape index (κ2) is 22.4. The van der Waals surface area contributed by atoms with Gasteiger partial charge in [0.25, 0.3) is 11.7 Å². The Balaban J connectivity index is 1.14. The molecule has 6 aliphatic heterocycles. The molecule has 5 N–H and O–H groups in total. The molecule has 0 aliphatic carbocycles. The van der Waals surface area contributed by atoms with E-state index in [-0.39, 0.29) is 55.5 Å². The van der Waals surface area contributed by atoms with E-state index in [1.54, 1.807) is 70.9 Å². The Labute approximate surface area is 444 Å². The van der Waals surface area contributed by atoms with Gasteiger partial charge in [0.15, 0.2) is 11.4 Å². The molecule has 0 radical (unpaired) electrons. The number of aryl methyl sites for hydroxylation is 1. The maximum Gasteiger partial charge on any atom is 0.315 e. The molecule has 3 aromatic rings. The number of aromatic nitrogens is 2. The Morgan fingerprint density at radius 2 is 1.61 bits per heavy atom. The number of piperidine rings is 2. The number of benzene rings is 2. The minimum Gasteiger partial charge on any atom is -0.507 e. The van der Waals surface area contributed by atoms with Gasteiger partial charge in [-0.15, -0.1) is 0 Å². The van der Waals surface area contributed by atoms with Crippen LogP contribution in [0, 0.1) is 42.4 Å². The highest BCUT2D eigenvalue weighted by atomic mass is 16.7. The van der Waals surface area contributed by atoms with Crippen molar-refractivity contribution in [3.8, 4) is 17.2 Å². The first kappa shape index (κ1) is 56.1. The number of methoxy groups -OCH3 is 1. The van der Waals surface area contributed by atoms with Crippen molar-refractivity contribution in [3.63, 3.8) is 0 Å². The first-order valence-corrected chi connectivity index (χ1v) is 26.8. The number of anilines is 1. The second-order valence-corrected chi connectivity index (χ2v) is 22.5. The highest BCUT2D eigenvalue weighted by Gasteiger charge is 2.50. The second-order valence-electron chi connectivity index (χ2n) is 22.5. The molecule has 76 heavy (non-hydrogen) atoms. The fraction of sp³-hybridized carbons (Fsp3) is 0.596. The van der Waals surface area contributed by atoms with Gasteiger partial charge in [-0.05, 0) is 44.6 Å². The number of Topliss-reactive ketones (excluding diaryl/α,β-unsaturated/α-hetero) is 1. The summed E-state index contributed by atoms with van der Waals surface area (Å²) in [5, 5.41) is 51.1. The van der Waals surface area contributed by atoms with Crippen LogP contribution in [-0.2, 0) is 42.1 Å². The van der Waals surface area contributed by atoms with Crippen molar-refractivity contribution < 1.29 is 58.6 Å². The number of likely N-dealkylation sites (tertiary alicyclic amines) is 2. The van der Waals surface area contributed by atoms with Gasteiger partial charge in [-0.25, -0.2) is 4.98 Å². The summed E-state index contributed by atoms with van der Waals surface area (Å²) >= 11 is 0. The lowest BCUT2D eigenvalue weighted by molar-refractivity contribution is -0.165. The quantitative estimate of drug-likeness (QED) is 0.109. The zero-order valence-corrected chi connectivity index (χ0v) is 45.8. The van der Waals surface area contributed by atoms with Crippen molar-refractivity contribution in [2.45, 2.75) is 137 Å². The Morgan fingerprint density at radius 3 is 2.25 bits per heavy atom. The number of aliphatic hydroxyl groups is 2. The number of hydrogen-bond donors (Lipinski definition) is 5. The number of esters is 1. The fourth-order valence-electron chi connectivity index (χ4n) is 11.7. The highest BCUT2D eigenvalue weighted by Crippen LogP contribution is 2.50. The summed E-state index contributed by atoms with van der Waals surface area (Å²) in [4.78, 5) is 75.4. The van der Waals surface area contributed by atoms with Crippen molar-refractivity contribution in [2.75, 3.05) is 45.2 Å². The Hall–Kier alpha value is -6.15. The molecule has 7 heterocycles. The van der Waals surface area contributed by atoms with Crippen LogP contribution in [0.15, 0.2) is 58.5 Å². The maximum atomic E-state index is 15.0. The van der Waals surface area contributed by atoms with E-state index in [2.05, 4.69) is 29.0 Å². The molecular weight excluding hydrogens is 975 g/mol. The number of ketones is 1. The van der Waals surface area contributed by atoms with E-state index in [0.29, 0.717) is 50.9 Å². The number of aromatic hydroxyl groups is 2. The first-order valence-electron chi connectivity index (χ1n) is 26.8. The number of amides is 2. The number of carbonyl (C=O) groups is 4. The number of fused-ring (bicyclic) bond motifs is 13. The Kier molecular flexibility index (Phi) is 16.6. The SMILES string of the molecule is CO[C@H]1/C=C/OC2(C)Oc3c(C)c(O)c4c(O)c(c5c(c4c3C2=O)=NC2(CCN(CC(C)C)CC2)N=5)NC(=O)/C(C)=C\C=C\[C@H](C)[C@H](O)[C@@H](C)C(O)[C@@H](C)C(OC(=O)CC(=O)N2CCC(Cc3nccn3C)CC2)[C@@H]1C. The van der Waals surface area contributed by atoms with Crippen LogP contribution >= 0.6 is 0 Å². The van der Waals surface area contributed by atoms with E-state index < -0.39 is 95.1 Å². The van der Waals surface area contributed by atoms with Gasteiger partial charge in [0.2, 0.25) is 5.91 Å². The molecule has 9 atom stereocenters. The summed E-state index contributed by atoms with van der Waals surface area (Å²) in [5.41, 5.74) is -0.697. The topological polar surface area (TPSA) is 247 Å². The standard InChI is InChI=1S/C57H77N7O12/c1-30(2)29-63-23-18-57(19-24-63)60-45-42-43-50(69)36(8)53-44(42)54(71)56(9,76-53)74-26-17-38(73-11)33(5)52(75-41(66)28-40(65)64-21-15-37(16-22-64)27-39-58-20-25-62(39)10)35(7)49(68)34(6)48(67)31(3)13-12-14-32(4)55(72)59-47(51(43)70)46(45)61-57/h12-14,17,20,25-26,30-31,33-35,37-38,48-49,52,67-70H,15-16,18-19,21-24,27-29H2,1-11H3,(H,59,72)/b13-12+,26-17+,32-14-/t31-,33+,34+,35+,38-,48-,49?,52?,56?/m0/s1. The normalized spacial score (nSPS) is 30.0. The Bertz CT molecular complexity index is 2950. The van der Waals surface area contributed by atoms with Gasteiger partial charge in [0, 0.05) is 126 Å². The van der Waals surface area contributed by atoms with E-state index >= 15 is 0 Å². The average molecular weight is 1050 g/mol. The number of aliphatic hydroxyl groups excluding tert-OH is 2. The lowest BCUT2D eigenvalue weighted by Gasteiger charge is -2.38. The first-order chi connectivity index (χ1) is 36.0. The Morgan fingerprint density at radius 1 is 0.921 bits per heavy atom. The minimum absolute atomic E-state index is 0.00902. The molecular formula is C57H77N7O12. The van der Waals surface area contributed by atoms with Crippen LogP contribution in [0.3, 0.4) is 0 Å². The van der Waals surface area contributed by atoms with Crippen LogP contribution in [0.5, 0.6) is 17.2 Å². The molecule has 2 saturated heterocycles. The van der Waals surface area contributed by atoms with Crippen molar-refractivity contribution in [1.29, 1.82) is 0 Å². The predicted octanol–water partition coefficient (Wildman–Crippen LogP) is 5.33. The molecule has 5 bridgehead atoms. The van der Waals surface area contributed by atoms with Gasteiger partial charge in [0.05, 0.1) is 40.9 Å². The average Bonchev–Trinajstić information content (AvgIpc) is 4.06. The van der Waals surface area contributed by atoms with E-state index in [1.165, 1.54) is 26.4 Å². The predicted molar refractivity (Wildman–Crippen MR) is 283 cm³/mol. The molecule has 2 fully saturated rings. The van der Waals surface area contributed by atoms with Gasteiger partial charge >= 0.3 is 11.8 Å². The van der Waals surface area contributed by atoms with Crippen molar-refractivity contribution >= 4 is 40.0 Å². The monoisotopic (exact) mass is 1050 g/mol. The number of nitrogens with zero attached hydrogens (tertiary/aromatic N) is 6. The van der Waals surface area contributed by atoms with Crippen LogP contribution in [-0.4, -0.2) is 139 Å². The lowest BCUT2D eigenvalue weighted by atomic mass is 9.78. The molecule has 0 saturated carbocycles. The zero-order chi connectivity index (χ0) is 55.1. The molecule has 412 valence electrons. The van der Waals surface area contributed by atoms with Crippen LogP contribution in [0.1, 0.15) is 109 Å². The summed E-state index contributed by atoms with van der Waals surface area (Å²) < 4.78 is 26.7. The van der Waals surface area contributed by atoms with Crippen molar-refractivity contribution in [1.82, 2.24) is 19.4 Å². The molecule has 19 nitrogen and oxygen atoms in total. The molecule has 1 aromatic heterocycles. The molecule has 6 aliphatic rings. The third-order valence-corrected chi connectivity index (χ3v) is 16.5. The number of allylic oxidation sites excluding steroid dienone is 2. The van der Waals surface area contributed by atoms with E-state index in [9.17, 15) is 39.6 Å². The van der Waals surface area contributed by atoms with E-state index in [0.717, 1.165) is 31.6 Å². The summed E-state index contributed by atoms with van der Waals surface area (Å²) in [6.07, 6.45) is 9.85. The third-order valence-electron chi connectivity index (χ3n) is 16.5. The van der Waals surface area contributed by atoms with Gasteiger partial charge in [-0.3, -0.25) is 29.2 Å². The van der Waals surface area contributed by atoms with E-state index in [4.69, 9.17) is 28.9 Å². The molecule has 2 aromatic carbocycles. The number of hydrogen-bond acceptors (Lipinski definition) is 16. The van der Waals surface area contributed by atoms with Gasteiger partial charge in [-0.2, -0.15) is 0 Å². The lowest BCUT2D eigenvalue weighted by Crippen LogP contribution is -2.47. The number of carbonyl (C=O) groups excluding carboxylic acids is 4. The van der Waals surface area contributed by atoms with Crippen molar-refractivity contribution in [3.05, 3.63) is 76.2 Å². The van der Waals surface area contributed by atoms with Gasteiger partial charge < -0.3 is 59.1 Å². The minimum atomic E-state index is -2.02. The molecule has 19 heteroatoms. The maximum absolute atomic E-state index is 15.0. The van der Waals surface area contributed by atoms with Crippen LogP contribution in [0.2, 0.25) is 0 Å². The molecule has 1 spiro atoms. The fourth-order valence-corrected chi connectivity index (χ4v) is 11.7. The van der Waals surface area contributed by atoms with E-state index in [1.807, 2.05) is 17.8 Å². The number of ether oxygens (including phenoxy) is 4. The summed E-state index contributed by atoms with van der Waals surface area (Å²) in [6.45, 7) is 19.0. The molecule has 9 rings (SSSR count). The largest absolute Gasteiger partial charge is 0.507 e. The van der Waals surface area contributed by atoms with Crippen LogP contribution < -0.4 is 20.8 Å².